The largest absolute Gasteiger partial charge is 0.429 e. The lowest BCUT2D eigenvalue weighted by molar-refractivity contribution is -0.120. The molecule has 0 aliphatic carbocycles. The summed E-state index contributed by atoms with van der Waals surface area (Å²) in [6.45, 7) is 0.340. The van der Waals surface area contributed by atoms with Crippen molar-refractivity contribution in [1.82, 2.24) is 0 Å². The second-order valence-corrected chi connectivity index (χ2v) is 3.84. The molecule has 0 bridgehead atoms. The number of hydrogen-bond donors (Lipinski definition) is 0. The third-order valence-electron chi connectivity index (χ3n) is 2.02. The van der Waals surface area contributed by atoms with Crippen LogP contribution in [-0.4, -0.2) is 6.47 Å². The van der Waals surface area contributed by atoms with E-state index in [-0.39, 0.29) is 5.82 Å². The Bertz CT molecular complexity index is 525. The molecule has 0 fully saturated rings. The van der Waals surface area contributed by atoms with Crippen LogP contribution in [0.2, 0.25) is 0 Å². The Morgan fingerprint density at radius 3 is 2.80 bits per heavy atom. The fraction of sp³-hybridized carbons (Fsp3) is 0. The number of benzene rings is 2. The average Bonchev–Trinajstić information content (AvgIpc) is 2.17. The minimum absolute atomic E-state index is 0.322. The third-order valence-corrected chi connectivity index (χ3v) is 2.68. The van der Waals surface area contributed by atoms with Gasteiger partial charge in [0.05, 0.1) is 0 Å². The molecule has 0 N–H and O–H groups in total. The van der Waals surface area contributed by atoms with Gasteiger partial charge in [-0.2, -0.15) is 0 Å². The van der Waals surface area contributed by atoms with Crippen LogP contribution in [0.1, 0.15) is 0 Å². The molecule has 0 aromatic heterocycles. The van der Waals surface area contributed by atoms with Crippen molar-refractivity contribution in [2.24, 2.45) is 0 Å². The molecule has 0 spiro atoms. The number of hydrogen-bond acceptors (Lipinski definition) is 2. The van der Waals surface area contributed by atoms with Gasteiger partial charge in [0.25, 0.3) is 6.47 Å². The second-order valence-electron chi connectivity index (χ2n) is 2.98. The van der Waals surface area contributed by atoms with Crippen LogP contribution in [0.3, 0.4) is 0 Å². The van der Waals surface area contributed by atoms with Gasteiger partial charge in [0.1, 0.15) is 11.6 Å². The van der Waals surface area contributed by atoms with Gasteiger partial charge in [-0.25, -0.2) is 4.39 Å². The Morgan fingerprint density at radius 2 is 2.07 bits per heavy atom. The molecule has 2 rings (SSSR count). The number of carbonyl (C=O) groups is 1. The van der Waals surface area contributed by atoms with Crippen LogP contribution in [0.15, 0.2) is 34.8 Å². The van der Waals surface area contributed by atoms with Gasteiger partial charge >= 0.3 is 0 Å². The summed E-state index contributed by atoms with van der Waals surface area (Å²) in [6.07, 6.45) is 0. The molecule has 0 atom stereocenters. The van der Waals surface area contributed by atoms with E-state index in [1.54, 1.807) is 18.2 Å². The van der Waals surface area contributed by atoms with E-state index in [2.05, 4.69) is 15.9 Å². The second kappa shape index (κ2) is 3.98. The fourth-order valence-electron chi connectivity index (χ4n) is 1.39. The minimum atomic E-state index is -0.322. The van der Waals surface area contributed by atoms with Crippen LogP contribution >= 0.6 is 15.9 Å². The van der Waals surface area contributed by atoms with Gasteiger partial charge in [0, 0.05) is 4.47 Å². The molecule has 0 saturated carbocycles. The summed E-state index contributed by atoms with van der Waals surface area (Å²) in [4.78, 5) is 10.2. The SMILES string of the molecule is O=COc1cc(Br)c2ccc(F)cc2c1. The van der Waals surface area contributed by atoms with Gasteiger partial charge in [0.15, 0.2) is 0 Å². The number of rotatable bonds is 2. The van der Waals surface area contributed by atoms with E-state index in [1.165, 1.54) is 12.1 Å². The summed E-state index contributed by atoms with van der Waals surface area (Å²) in [5, 5.41) is 1.55. The Morgan fingerprint density at radius 1 is 1.27 bits per heavy atom. The van der Waals surface area contributed by atoms with Gasteiger partial charge in [-0.3, -0.25) is 4.79 Å². The standard InChI is InChI=1S/C11H6BrFO2/c12-11-5-9(15-6-14)4-7-3-8(13)1-2-10(7)11/h1-6H. The molecule has 0 radical (unpaired) electrons. The summed E-state index contributed by atoms with van der Waals surface area (Å²) in [7, 11) is 0. The first-order valence-corrected chi connectivity index (χ1v) is 4.99. The van der Waals surface area contributed by atoms with Crippen molar-refractivity contribution < 1.29 is 13.9 Å². The monoisotopic (exact) mass is 268 g/mol. The van der Waals surface area contributed by atoms with Crippen molar-refractivity contribution in [3.8, 4) is 5.75 Å². The zero-order chi connectivity index (χ0) is 10.8. The minimum Gasteiger partial charge on any atom is -0.429 e. The summed E-state index contributed by atoms with van der Waals surface area (Å²) in [6, 6.07) is 7.71. The molecule has 2 aromatic carbocycles. The number of fused-ring (bicyclic) bond motifs is 1. The highest BCUT2D eigenvalue weighted by molar-refractivity contribution is 9.10. The van der Waals surface area contributed by atoms with Gasteiger partial charge in [-0.1, -0.05) is 22.0 Å². The molecule has 0 amide bonds. The summed E-state index contributed by atoms with van der Waals surface area (Å²) in [5.74, 6) is 0.0626. The lowest BCUT2D eigenvalue weighted by Crippen LogP contribution is -1.89. The lowest BCUT2D eigenvalue weighted by atomic mass is 10.1. The highest BCUT2D eigenvalue weighted by Gasteiger charge is 2.03. The fourth-order valence-corrected chi connectivity index (χ4v) is 1.98. The molecule has 76 valence electrons. The smallest absolute Gasteiger partial charge is 0.298 e. The Balaban J connectivity index is 2.67. The normalized spacial score (nSPS) is 10.3. The zero-order valence-electron chi connectivity index (χ0n) is 7.54. The van der Waals surface area contributed by atoms with E-state index in [0.717, 1.165) is 9.86 Å². The first kappa shape index (κ1) is 10.1. The predicted octanol–water partition coefficient (Wildman–Crippen LogP) is 3.28. The quantitative estimate of drug-likeness (QED) is 0.782. The van der Waals surface area contributed by atoms with E-state index < -0.39 is 0 Å². The van der Waals surface area contributed by atoms with E-state index in [1.807, 2.05) is 0 Å². The van der Waals surface area contributed by atoms with Crippen LogP contribution in [0.4, 0.5) is 4.39 Å². The Hall–Kier alpha value is -1.42. The maximum absolute atomic E-state index is 13.0. The molecule has 0 unspecified atom stereocenters. The van der Waals surface area contributed by atoms with Gasteiger partial charge < -0.3 is 4.74 Å². The summed E-state index contributed by atoms with van der Waals surface area (Å²) in [5.41, 5.74) is 0. The molecular weight excluding hydrogens is 263 g/mol. The van der Waals surface area contributed by atoms with Crippen molar-refractivity contribution >= 4 is 33.2 Å². The molecule has 0 aliphatic heterocycles. The highest BCUT2D eigenvalue weighted by Crippen LogP contribution is 2.29. The molecule has 0 heterocycles. The highest BCUT2D eigenvalue weighted by atomic mass is 79.9. The van der Waals surface area contributed by atoms with Crippen molar-refractivity contribution in [2.45, 2.75) is 0 Å². The summed E-state index contributed by atoms with van der Waals surface area (Å²) >= 11 is 3.32. The molecule has 15 heavy (non-hydrogen) atoms. The number of ether oxygens (including phenoxy) is 1. The molecule has 0 aliphatic rings. The first-order valence-electron chi connectivity index (χ1n) is 4.20. The van der Waals surface area contributed by atoms with E-state index in [0.29, 0.717) is 17.6 Å². The van der Waals surface area contributed by atoms with E-state index in [9.17, 15) is 9.18 Å². The van der Waals surface area contributed by atoms with Crippen LogP contribution in [0.5, 0.6) is 5.75 Å². The number of halogens is 2. The van der Waals surface area contributed by atoms with E-state index >= 15 is 0 Å². The van der Waals surface area contributed by atoms with Crippen LogP contribution in [0.25, 0.3) is 10.8 Å². The van der Waals surface area contributed by atoms with Gasteiger partial charge in [0.2, 0.25) is 0 Å². The lowest BCUT2D eigenvalue weighted by Gasteiger charge is -2.04. The average molecular weight is 269 g/mol. The molecular formula is C11H6BrFO2. The molecule has 2 nitrogen and oxygen atoms in total. The van der Waals surface area contributed by atoms with Crippen molar-refractivity contribution in [1.29, 1.82) is 0 Å². The summed E-state index contributed by atoms with van der Waals surface area (Å²) < 4.78 is 18.4. The Labute approximate surface area is 93.8 Å². The van der Waals surface area contributed by atoms with Crippen molar-refractivity contribution in [2.75, 3.05) is 0 Å². The third kappa shape index (κ3) is 1.99. The van der Waals surface area contributed by atoms with Crippen molar-refractivity contribution in [3.05, 3.63) is 40.6 Å². The maximum atomic E-state index is 13.0. The predicted molar refractivity (Wildman–Crippen MR) is 58.3 cm³/mol. The maximum Gasteiger partial charge on any atom is 0.298 e. The molecule has 2 aromatic rings. The van der Waals surface area contributed by atoms with E-state index in [4.69, 9.17) is 4.74 Å². The Kier molecular flexibility index (Phi) is 2.68. The van der Waals surface area contributed by atoms with Crippen LogP contribution in [-0.2, 0) is 4.79 Å². The van der Waals surface area contributed by atoms with Crippen LogP contribution < -0.4 is 4.74 Å². The van der Waals surface area contributed by atoms with Crippen LogP contribution in [0, 0.1) is 5.82 Å². The zero-order valence-corrected chi connectivity index (χ0v) is 9.12. The van der Waals surface area contributed by atoms with Crippen molar-refractivity contribution in [3.63, 3.8) is 0 Å². The number of carbonyl (C=O) groups excluding carboxylic acids is 1. The first-order chi connectivity index (χ1) is 7.20. The molecule has 0 saturated heterocycles. The topological polar surface area (TPSA) is 26.3 Å². The van der Waals surface area contributed by atoms with Gasteiger partial charge in [-0.15, -0.1) is 0 Å². The molecule has 4 heteroatoms. The van der Waals surface area contributed by atoms with Gasteiger partial charge in [-0.05, 0) is 35.0 Å².